The van der Waals surface area contributed by atoms with Crippen LogP contribution >= 0.6 is 0 Å². The largest absolute Gasteiger partial charge is 0.0917 e. The second kappa shape index (κ2) is 7.28. The van der Waals surface area contributed by atoms with E-state index in [-0.39, 0.29) is 0 Å². The van der Waals surface area contributed by atoms with Crippen molar-refractivity contribution in [3.63, 3.8) is 0 Å². The summed E-state index contributed by atoms with van der Waals surface area (Å²) in [6, 6.07) is 13.4. The van der Waals surface area contributed by atoms with Crippen molar-refractivity contribution in [2.45, 2.75) is 52.4 Å². The molecule has 0 N–H and O–H groups in total. The normalized spacial score (nSPS) is 13.2. The summed E-state index contributed by atoms with van der Waals surface area (Å²) in [4.78, 5) is 0. The molecular formula is C20H26. The van der Waals surface area contributed by atoms with E-state index in [0.29, 0.717) is 5.92 Å². The van der Waals surface area contributed by atoms with Crippen molar-refractivity contribution >= 4 is 10.8 Å². The van der Waals surface area contributed by atoms with E-state index in [0.717, 1.165) is 6.42 Å². The SMILES string of the molecule is C/C=C/CCC(CC)c1c(CC)ccc2ccccc12. The molecule has 0 fully saturated rings. The minimum absolute atomic E-state index is 0.673. The average Bonchev–Trinajstić information content (AvgIpc) is 2.51. The summed E-state index contributed by atoms with van der Waals surface area (Å²) in [6.45, 7) is 6.70. The van der Waals surface area contributed by atoms with Crippen LogP contribution in [0.25, 0.3) is 10.8 Å². The second-order valence-corrected chi connectivity index (χ2v) is 5.46. The third kappa shape index (κ3) is 3.12. The predicted molar refractivity (Wildman–Crippen MR) is 90.4 cm³/mol. The van der Waals surface area contributed by atoms with Gasteiger partial charge in [0.2, 0.25) is 0 Å². The standard InChI is InChI=1S/C20H26/c1-4-7-8-11-16(5-2)20-17(6-3)14-15-18-12-9-10-13-19(18)20/h4,7,9-10,12-16H,5-6,8,11H2,1-3H3/b7-4+. The maximum absolute atomic E-state index is 2.33. The maximum atomic E-state index is 2.33. The van der Waals surface area contributed by atoms with Gasteiger partial charge < -0.3 is 0 Å². The molecule has 0 saturated heterocycles. The molecule has 2 aromatic carbocycles. The second-order valence-electron chi connectivity index (χ2n) is 5.46. The molecule has 0 bridgehead atoms. The van der Waals surface area contributed by atoms with Gasteiger partial charge in [-0.3, -0.25) is 0 Å². The zero-order valence-corrected chi connectivity index (χ0v) is 13.0. The molecule has 0 heterocycles. The molecule has 0 heteroatoms. The Morgan fingerprint density at radius 3 is 2.55 bits per heavy atom. The molecule has 0 aliphatic carbocycles. The fourth-order valence-corrected chi connectivity index (χ4v) is 3.15. The quantitative estimate of drug-likeness (QED) is 0.542. The topological polar surface area (TPSA) is 0 Å². The van der Waals surface area contributed by atoms with Gasteiger partial charge in [0.05, 0.1) is 0 Å². The number of hydrogen-bond acceptors (Lipinski definition) is 0. The Morgan fingerprint density at radius 2 is 1.85 bits per heavy atom. The first-order valence-electron chi connectivity index (χ1n) is 7.93. The van der Waals surface area contributed by atoms with E-state index >= 15 is 0 Å². The van der Waals surface area contributed by atoms with Gasteiger partial charge in [0.1, 0.15) is 0 Å². The van der Waals surface area contributed by atoms with Crippen molar-refractivity contribution in [2.75, 3.05) is 0 Å². The number of benzene rings is 2. The lowest BCUT2D eigenvalue weighted by Gasteiger charge is -2.21. The molecule has 0 spiro atoms. The van der Waals surface area contributed by atoms with E-state index in [1.807, 2.05) is 0 Å². The molecule has 1 atom stereocenters. The summed E-state index contributed by atoms with van der Waals surface area (Å²) in [5.41, 5.74) is 3.12. The Balaban J connectivity index is 2.47. The number of fused-ring (bicyclic) bond motifs is 1. The minimum Gasteiger partial charge on any atom is -0.0917 e. The number of hydrogen-bond donors (Lipinski definition) is 0. The minimum atomic E-state index is 0.673. The van der Waals surface area contributed by atoms with E-state index in [2.05, 4.69) is 69.3 Å². The van der Waals surface area contributed by atoms with Crippen molar-refractivity contribution in [3.8, 4) is 0 Å². The zero-order chi connectivity index (χ0) is 14.4. The Hall–Kier alpha value is -1.56. The van der Waals surface area contributed by atoms with Gasteiger partial charge in [0, 0.05) is 0 Å². The smallest absolute Gasteiger partial charge is 0.0146 e. The van der Waals surface area contributed by atoms with Crippen LogP contribution in [0.15, 0.2) is 48.6 Å². The number of allylic oxidation sites excluding steroid dienone is 2. The van der Waals surface area contributed by atoms with E-state index in [1.165, 1.54) is 35.6 Å². The number of rotatable bonds is 6. The molecule has 2 rings (SSSR count). The van der Waals surface area contributed by atoms with E-state index < -0.39 is 0 Å². The van der Waals surface area contributed by atoms with Crippen LogP contribution < -0.4 is 0 Å². The van der Waals surface area contributed by atoms with Crippen molar-refractivity contribution in [3.05, 3.63) is 59.7 Å². The van der Waals surface area contributed by atoms with Gasteiger partial charge in [0.15, 0.2) is 0 Å². The Morgan fingerprint density at radius 1 is 1.05 bits per heavy atom. The van der Waals surface area contributed by atoms with Gasteiger partial charge in [-0.25, -0.2) is 0 Å². The molecule has 0 aliphatic heterocycles. The summed E-state index contributed by atoms with van der Waals surface area (Å²) in [6.07, 6.45) is 9.23. The highest BCUT2D eigenvalue weighted by Crippen LogP contribution is 2.34. The molecule has 20 heavy (non-hydrogen) atoms. The zero-order valence-electron chi connectivity index (χ0n) is 13.0. The molecule has 0 aliphatic rings. The Bertz CT molecular complexity index is 578. The molecule has 0 saturated carbocycles. The molecule has 106 valence electrons. The molecule has 0 radical (unpaired) electrons. The molecule has 0 aromatic heterocycles. The van der Waals surface area contributed by atoms with Crippen LogP contribution in [-0.4, -0.2) is 0 Å². The highest BCUT2D eigenvalue weighted by molar-refractivity contribution is 5.87. The first-order chi connectivity index (χ1) is 9.81. The molecule has 2 aromatic rings. The predicted octanol–water partition coefficient (Wildman–Crippen LogP) is 6.25. The maximum Gasteiger partial charge on any atom is -0.0146 e. The summed E-state index contributed by atoms with van der Waals surface area (Å²) >= 11 is 0. The lowest BCUT2D eigenvalue weighted by atomic mass is 9.84. The monoisotopic (exact) mass is 266 g/mol. The van der Waals surface area contributed by atoms with Crippen LogP contribution in [0, 0.1) is 0 Å². The van der Waals surface area contributed by atoms with Crippen LogP contribution in [0.2, 0.25) is 0 Å². The van der Waals surface area contributed by atoms with Gasteiger partial charge in [-0.15, -0.1) is 0 Å². The van der Waals surface area contributed by atoms with E-state index in [1.54, 1.807) is 5.56 Å². The Kier molecular flexibility index (Phi) is 5.40. The van der Waals surface area contributed by atoms with Crippen LogP contribution in [0.5, 0.6) is 0 Å². The van der Waals surface area contributed by atoms with Crippen molar-refractivity contribution < 1.29 is 0 Å². The van der Waals surface area contributed by atoms with Crippen LogP contribution in [-0.2, 0) is 6.42 Å². The number of aryl methyl sites for hydroxylation is 1. The lowest BCUT2D eigenvalue weighted by Crippen LogP contribution is -2.03. The van der Waals surface area contributed by atoms with Crippen molar-refractivity contribution in [1.29, 1.82) is 0 Å². The first kappa shape index (κ1) is 14.8. The van der Waals surface area contributed by atoms with Crippen LogP contribution in [0.1, 0.15) is 57.1 Å². The average molecular weight is 266 g/mol. The van der Waals surface area contributed by atoms with Crippen molar-refractivity contribution in [2.24, 2.45) is 0 Å². The van der Waals surface area contributed by atoms with Crippen molar-refractivity contribution in [1.82, 2.24) is 0 Å². The lowest BCUT2D eigenvalue weighted by molar-refractivity contribution is 0.612. The van der Waals surface area contributed by atoms with E-state index in [4.69, 9.17) is 0 Å². The molecule has 1 unspecified atom stereocenters. The summed E-state index contributed by atoms with van der Waals surface area (Å²) in [7, 11) is 0. The van der Waals surface area contributed by atoms with Gasteiger partial charge in [-0.2, -0.15) is 0 Å². The van der Waals surface area contributed by atoms with Gasteiger partial charge in [-0.05, 0) is 60.4 Å². The molecule has 0 amide bonds. The first-order valence-corrected chi connectivity index (χ1v) is 7.93. The summed E-state index contributed by atoms with van der Waals surface area (Å²) < 4.78 is 0. The van der Waals surface area contributed by atoms with E-state index in [9.17, 15) is 0 Å². The molecular weight excluding hydrogens is 240 g/mol. The van der Waals surface area contributed by atoms with Crippen LogP contribution in [0.4, 0.5) is 0 Å². The van der Waals surface area contributed by atoms with Gasteiger partial charge in [0.25, 0.3) is 0 Å². The third-order valence-electron chi connectivity index (χ3n) is 4.26. The summed E-state index contributed by atoms with van der Waals surface area (Å²) in [5.74, 6) is 0.673. The highest BCUT2D eigenvalue weighted by atomic mass is 14.2. The fraction of sp³-hybridized carbons (Fsp3) is 0.400. The molecule has 0 nitrogen and oxygen atoms in total. The van der Waals surface area contributed by atoms with Gasteiger partial charge >= 0.3 is 0 Å². The van der Waals surface area contributed by atoms with Gasteiger partial charge in [-0.1, -0.05) is 62.4 Å². The Labute approximate surface area is 123 Å². The summed E-state index contributed by atoms with van der Waals surface area (Å²) in [5, 5.41) is 2.84. The van der Waals surface area contributed by atoms with Crippen LogP contribution in [0.3, 0.4) is 0 Å². The third-order valence-corrected chi connectivity index (χ3v) is 4.26. The highest BCUT2D eigenvalue weighted by Gasteiger charge is 2.15. The fourth-order valence-electron chi connectivity index (χ4n) is 3.15.